The first-order valence-electron chi connectivity index (χ1n) is 11.9. The Morgan fingerprint density at radius 3 is 1.74 bits per heavy atom. The van der Waals surface area contributed by atoms with Gasteiger partial charge < -0.3 is 63.8 Å². The topological polar surface area (TPSA) is 305 Å². The number of carbonyl (C=O) groups excluding carboxylic acids is 1. The van der Waals surface area contributed by atoms with Crippen LogP contribution in [0.3, 0.4) is 0 Å². The molecule has 2 aromatic carbocycles. The smallest absolute Gasteiger partial charge is 0.295 e. The minimum atomic E-state index is -1.94. The molecule has 18 heteroatoms. The molecule has 4 unspecified atom stereocenters. The van der Waals surface area contributed by atoms with E-state index in [1.54, 1.807) is 24.3 Å². The highest BCUT2D eigenvalue weighted by molar-refractivity contribution is 6.30. The predicted molar refractivity (Wildman–Crippen MR) is 159 cm³/mol. The molecule has 0 saturated carbocycles. The summed E-state index contributed by atoms with van der Waals surface area (Å²) >= 11 is 5.82. The maximum Gasteiger partial charge on any atom is 0.295 e. The number of guanidine groups is 4. The predicted octanol–water partition coefficient (Wildman–Crippen LogP) is -2.06. The fourth-order valence-electron chi connectivity index (χ4n) is 2.66. The maximum atomic E-state index is 9.69. The van der Waals surface area contributed by atoms with E-state index in [1.807, 2.05) is 31.2 Å². The molecule has 2 aromatic rings. The van der Waals surface area contributed by atoms with Gasteiger partial charge in [0.2, 0.25) is 30.1 Å². The molecular formula is C24H35ClN10O7. The SMILES string of the molecule is Cc1ccc(NC(N)=NC(N)=NCN=C(N)N=C(N)Nc2ccc(Cl)cc2)cc1.O=COC(O)C(O)C(O)C(O)CO. The summed E-state index contributed by atoms with van der Waals surface area (Å²) < 4.78 is 3.89. The number of rotatable bonds is 10. The molecule has 0 saturated heterocycles. The number of nitrogens with two attached hydrogens (primary N) is 4. The average molecular weight is 611 g/mol. The summed E-state index contributed by atoms with van der Waals surface area (Å²) in [7, 11) is 0. The van der Waals surface area contributed by atoms with Crippen molar-refractivity contribution in [2.75, 3.05) is 23.9 Å². The number of benzene rings is 2. The van der Waals surface area contributed by atoms with Crippen molar-refractivity contribution in [3.05, 3.63) is 59.1 Å². The quantitative estimate of drug-likeness (QED) is 0.0597. The standard InChI is InChI=1S/C18H23ClN10.C6H12O7/c1-11-2-6-13(7-3-11)26-17(22)28-15(20)24-10-25-16(21)29-18(23)27-14-8-4-12(19)5-9-14;7-1-3(9)4(10)5(11)6(12)13-2-8/h2-9H,10H2,1H3,(H5,20,22,24,26,28)(H5,21,23,25,27,29);2-7,9-12H,1H2. The zero-order chi connectivity index (χ0) is 31.7. The third kappa shape index (κ3) is 14.2. The maximum absolute atomic E-state index is 9.69. The number of aliphatic hydroxyl groups excluding tert-OH is 5. The first kappa shape index (κ1) is 35.5. The van der Waals surface area contributed by atoms with E-state index in [4.69, 9.17) is 60.1 Å². The minimum Gasteiger partial charge on any atom is -0.435 e. The third-order valence-electron chi connectivity index (χ3n) is 4.79. The molecule has 0 spiro atoms. The van der Waals surface area contributed by atoms with Crippen LogP contribution in [0.1, 0.15) is 5.56 Å². The van der Waals surface area contributed by atoms with Gasteiger partial charge in [-0.25, -0.2) is 9.98 Å². The molecule has 2 rings (SSSR count). The molecular weight excluding hydrogens is 576 g/mol. The highest BCUT2D eigenvalue weighted by Crippen LogP contribution is 2.13. The van der Waals surface area contributed by atoms with E-state index in [1.165, 1.54) is 0 Å². The summed E-state index contributed by atoms with van der Waals surface area (Å²) in [5, 5.41) is 50.2. The number of aryl methyl sites for hydroxylation is 1. The van der Waals surface area contributed by atoms with E-state index in [0.717, 1.165) is 11.3 Å². The number of ether oxygens (including phenoxy) is 1. The summed E-state index contributed by atoms with van der Waals surface area (Å²) in [6, 6.07) is 14.5. The summed E-state index contributed by atoms with van der Waals surface area (Å²) in [5.41, 5.74) is 25.6. The minimum absolute atomic E-state index is 0.0603. The van der Waals surface area contributed by atoms with E-state index in [2.05, 4.69) is 35.3 Å². The van der Waals surface area contributed by atoms with E-state index in [9.17, 15) is 4.79 Å². The van der Waals surface area contributed by atoms with Gasteiger partial charge in [-0.15, -0.1) is 0 Å². The summed E-state index contributed by atoms with van der Waals surface area (Å²) in [6.07, 6.45) is -7.21. The normalized spacial score (nSPS) is 15.4. The molecule has 0 heterocycles. The Morgan fingerprint density at radius 1 is 0.857 bits per heavy atom. The molecule has 0 aliphatic carbocycles. The summed E-state index contributed by atoms with van der Waals surface area (Å²) in [6.45, 7) is 0.998. The van der Waals surface area contributed by atoms with Crippen molar-refractivity contribution in [2.24, 2.45) is 42.9 Å². The zero-order valence-electron chi connectivity index (χ0n) is 22.4. The number of nitrogens with zero attached hydrogens (tertiary/aromatic N) is 4. The van der Waals surface area contributed by atoms with Crippen molar-refractivity contribution in [3.8, 4) is 0 Å². The van der Waals surface area contributed by atoms with E-state index in [0.29, 0.717) is 10.7 Å². The van der Waals surface area contributed by atoms with Crippen molar-refractivity contribution >= 4 is 53.3 Å². The number of carbonyl (C=O) groups is 1. The second-order valence-corrected chi connectivity index (χ2v) is 8.58. The van der Waals surface area contributed by atoms with Crippen molar-refractivity contribution in [2.45, 2.75) is 31.5 Å². The van der Waals surface area contributed by atoms with Crippen LogP contribution in [-0.4, -0.2) is 93.7 Å². The molecule has 17 nitrogen and oxygen atoms in total. The van der Waals surface area contributed by atoms with Crippen LogP contribution in [0.15, 0.2) is 68.5 Å². The fourth-order valence-corrected chi connectivity index (χ4v) is 2.79. The highest BCUT2D eigenvalue weighted by Gasteiger charge is 2.30. The highest BCUT2D eigenvalue weighted by atomic mass is 35.5. The van der Waals surface area contributed by atoms with Crippen LogP contribution in [0, 0.1) is 6.92 Å². The van der Waals surface area contributed by atoms with Gasteiger partial charge in [0.15, 0.2) is 0 Å². The van der Waals surface area contributed by atoms with Crippen LogP contribution >= 0.6 is 11.6 Å². The lowest BCUT2D eigenvalue weighted by Crippen LogP contribution is -2.46. The molecule has 0 fully saturated rings. The number of aliphatic hydroxyl groups is 5. The summed E-state index contributed by atoms with van der Waals surface area (Å²) in [4.78, 5) is 25.4. The molecule has 15 N–H and O–H groups in total. The van der Waals surface area contributed by atoms with E-state index in [-0.39, 0.29) is 37.0 Å². The van der Waals surface area contributed by atoms with Crippen LogP contribution in [-0.2, 0) is 9.53 Å². The van der Waals surface area contributed by atoms with Gasteiger partial charge >= 0.3 is 0 Å². The zero-order valence-corrected chi connectivity index (χ0v) is 23.2. The second kappa shape index (κ2) is 18.8. The van der Waals surface area contributed by atoms with Crippen molar-refractivity contribution in [1.29, 1.82) is 0 Å². The molecule has 0 aliphatic heterocycles. The Labute approximate surface area is 245 Å². The molecule has 4 atom stereocenters. The van der Waals surface area contributed by atoms with Crippen LogP contribution < -0.4 is 33.6 Å². The number of halogens is 1. The number of nitrogens with one attached hydrogen (secondary N) is 2. The largest absolute Gasteiger partial charge is 0.435 e. The Hall–Kier alpha value is -4.52. The van der Waals surface area contributed by atoms with Crippen LogP contribution in [0.25, 0.3) is 0 Å². The monoisotopic (exact) mass is 610 g/mol. The summed E-state index contributed by atoms with van der Waals surface area (Å²) in [5.74, 6) is 0.0294. The average Bonchev–Trinajstić information content (AvgIpc) is 2.94. The first-order valence-corrected chi connectivity index (χ1v) is 12.3. The lowest BCUT2D eigenvalue weighted by atomic mass is 10.1. The van der Waals surface area contributed by atoms with E-state index >= 15 is 0 Å². The van der Waals surface area contributed by atoms with Gasteiger partial charge in [-0.1, -0.05) is 29.3 Å². The fraction of sp³-hybridized carbons (Fsp3) is 0.292. The lowest BCUT2D eigenvalue weighted by Gasteiger charge is -2.23. The number of hydrogen-bond donors (Lipinski definition) is 11. The Balaban J connectivity index is 0.000000572. The van der Waals surface area contributed by atoms with Gasteiger partial charge in [0, 0.05) is 16.4 Å². The Morgan fingerprint density at radius 2 is 1.31 bits per heavy atom. The van der Waals surface area contributed by atoms with Gasteiger partial charge in [0.05, 0.1) is 6.61 Å². The third-order valence-corrected chi connectivity index (χ3v) is 5.05. The molecule has 0 aliphatic rings. The number of hydrogen-bond acceptors (Lipinski definition) is 9. The molecule has 0 amide bonds. The number of anilines is 2. The van der Waals surface area contributed by atoms with Crippen LogP contribution in [0.4, 0.5) is 11.4 Å². The van der Waals surface area contributed by atoms with E-state index < -0.39 is 31.2 Å². The Kier molecular flexibility index (Phi) is 15.9. The lowest BCUT2D eigenvalue weighted by molar-refractivity contribution is -0.199. The molecule has 42 heavy (non-hydrogen) atoms. The molecule has 0 radical (unpaired) electrons. The van der Waals surface area contributed by atoms with Crippen molar-refractivity contribution in [3.63, 3.8) is 0 Å². The van der Waals surface area contributed by atoms with Gasteiger partial charge in [0.25, 0.3) is 6.47 Å². The molecule has 0 aromatic heterocycles. The van der Waals surface area contributed by atoms with Gasteiger partial charge in [-0.05, 0) is 43.3 Å². The van der Waals surface area contributed by atoms with Crippen molar-refractivity contribution < 1.29 is 35.1 Å². The van der Waals surface area contributed by atoms with Gasteiger partial charge in [-0.2, -0.15) is 9.98 Å². The van der Waals surface area contributed by atoms with Crippen molar-refractivity contribution in [1.82, 2.24) is 0 Å². The number of aliphatic imine (C=N–C) groups is 4. The molecule has 230 valence electrons. The van der Waals surface area contributed by atoms with Gasteiger partial charge in [-0.3, -0.25) is 4.79 Å². The van der Waals surface area contributed by atoms with Crippen LogP contribution in [0.2, 0.25) is 5.02 Å². The first-order chi connectivity index (χ1) is 19.9. The Bertz CT molecular complexity index is 1150. The van der Waals surface area contributed by atoms with Crippen LogP contribution in [0.5, 0.6) is 0 Å². The molecule has 0 bridgehead atoms. The second-order valence-electron chi connectivity index (χ2n) is 8.15. The van der Waals surface area contributed by atoms with Gasteiger partial charge in [0.1, 0.15) is 25.0 Å².